The molecule has 0 atom stereocenters. The monoisotopic (exact) mass is 424 g/mol. The first-order chi connectivity index (χ1) is 14.0. The van der Waals surface area contributed by atoms with Gasteiger partial charge in [0.15, 0.2) is 5.96 Å². The van der Waals surface area contributed by atoms with E-state index in [0.29, 0.717) is 19.2 Å². The molecule has 1 aromatic rings. The average Bonchev–Trinajstić information content (AvgIpc) is 2.73. The van der Waals surface area contributed by atoms with Crippen LogP contribution in [0.5, 0.6) is 0 Å². The van der Waals surface area contributed by atoms with Crippen LogP contribution in [0, 0.1) is 5.92 Å². The van der Waals surface area contributed by atoms with Crippen molar-refractivity contribution in [3.8, 4) is 0 Å². The summed E-state index contributed by atoms with van der Waals surface area (Å²) in [5.74, 6) is 1.65. The zero-order valence-corrected chi connectivity index (χ0v) is 18.7. The Bertz CT molecular complexity index is 744. The Morgan fingerprint density at radius 1 is 1.21 bits per heavy atom. The average molecular weight is 425 g/mol. The number of rotatable bonds is 10. The number of methoxy groups -OCH3 is 1. The van der Waals surface area contributed by atoms with Gasteiger partial charge in [-0.25, -0.2) is 18.1 Å². The molecule has 7 nitrogen and oxygen atoms in total. The highest BCUT2D eigenvalue weighted by Crippen LogP contribution is 2.26. The van der Waals surface area contributed by atoms with Crippen LogP contribution in [-0.4, -0.2) is 47.2 Å². The Labute approximate surface area is 175 Å². The minimum Gasteiger partial charge on any atom is -0.383 e. The van der Waals surface area contributed by atoms with Crippen molar-refractivity contribution in [2.24, 2.45) is 10.9 Å². The molecule has 0 bridgehead atoms. The van der Waals surface area contributed by atoms with Crippen molar-refractivity contribution < 1.29 is 13.2 Å². The van der Waals surface area contributed by atoms with Gasteiger partial charge in [-0.1, -0.05) is 25.5 Å². The van der Waals surface area contributed by atoms with E-state index >= 15 is 0 Å². The number of aliphatic imine (C=N–C) groups is 1. The summed E-state index contributed by atoms with van der Waals surface area (Å²) in [6.45, 7) is 6.10. The van der Waals surface area contributed by atoms with Crippen molar-refractivity contribution in [1.82, 2.24) is 15.4 Å². The number of hydrogen-bond donors (Lipinski definition) is 3. The van der Waals surface area contributed by atoms with Crippen LogP contribution in [0.2, 0.25) is 0 Å². The van der Waals surface area contributed by atoms with Crippen LogP contribution in [0.4, 0.5) is 0 Å². The van der Waals surface area contributed by atoms with Crippen molar-refractivity contribution in [3.63, 3.8) is 0 Å². The Morgan fingerprint density at radius 3 is 2.62 bits per heavy atom. The number of benzene rings is 1. The van der Waals surface area contributed by atoms with Crippen LogP contribution in [-0.2, 0) is 21.3 Å². The van der Waals surface area contributed by atoms with Gasteiger partial charge in [-0.15, -0.1) is 0 Å². The summed E-state index contributed by atoms with van der Waals surface area (Å²) < 4.78 is 32.2. The van der Waals surface area contributed by atoms with Crippen molar-refractivity contribution >= 4 is 16.0 Å². The van der Waals surface area contributed by atoms with Crippen LogP contribution in [0.1, 0.15) is 51.5 Å². The predicted octanol–water partition coefficient (Wildman–Crippen LogP) is 2.64. The predicted molar refractivity (Wildman–Crippen MR) is 117 cm³/mol. The molecule has 8 heteroatoms. The first-order valence-corrected chi connectivity index (χ1v) is 12.1. The molecule has 1 aliphatic carbocycles. The van der Waals surface area contributed by atoms with Crippen LogP contribution >= 0.6 is 0 Å². The Balaban J connectivity index is 2.00. The van der Waals surface area contributed by atoms with E-state index < -0.39 is 10.0 Å². The Morgan fingerprint density at radius 2 is 1.97 bits per heavy atom. The lowest BCUT2D eigenvalue weighted by molar-refractivity contribution is 0.204. The van der Waals surface area contributed by atoms with Crippen molar-refractivity contribution in [3.05, 3.63) is 29.8 Å². The highest BCUT2D eigenvalue weighted by molar-refractivity contribution is 7.89. The maximum Gasteiger partial charge on any atom is 0.240 e. The van der Waals surface area contributed by atoms with Gasteiger partial charge in [0.25, 0.3) is 0 Å². The number of nitrogens with zero attached hydrogens (tertiary/aromatic N) is 1. The van der Waals surface area contributed by atoms with E-state index in [4.69, 9.17) is 4.74 Å². The minimum atomic E-state index is -3.54. The van der Waals surface area contributed by atoms with Gasteiger partial charge in [-0.05, 0) is 56.2 Å². The maximum absolute atomic E-state index is 12.4. The summed E-state index contributed by atoms with van der Waals surface area (Å²) >= 11 is 0. The number of sulfonamides is 1. The molecule has 0 aliphatic heterocycles. The van der Waals surface area contributed by atoms with Gasteiger partial charge < -0.3 is 15.4 Å². The second-order valence-electron chi connectivity index (χ2n) is 7.50. The zero-order valence-electron chi connectivity index (χ0n) is 17.9. The SMILES string of the molecule is CCNC(=NCc1cccc(S(=O)(=O)NCCOC)c1)NC1CCC(CC)CC1. The quantitative estimate of drug-likeness (QED) is 0.305. The molecule has 0 radical (unpaired) electrons. The Kier molecular flexibility index (Phi) is 9.90. The van der Waals surface area contributed by atoms with Gasteiger partial charge >= 0.3 is 0 Å². The number of hydrogen-bond acceptors (Lipinski definition) is 4. The van der Waals surface area contributed by atoms with E-state index in [-0.39, 0.29) is 11.4 Å². The molecule has 1 aromatic carbocycles. The van der Waals surface area contributed by atoms with E-state index in [1.165, 1.54) is 32.1 Å². The topological polar surface area (TPSA) is 91.8 Å². The van der Waals surface area contributed by atoms with E-state index in [1.54, 1.807) is 25.3 Å². The second-order valence-corrected chi connectivity index (χ2v) is 9.27. The molecule has 164 valence electrons. The first-order valence-electron chi connectivity index (χ1n) is 10.6. The van der Waals surface area contributed by atoms with E-state index in [2.05, 4.69) is 27.3 Å². The van der Waals surface area contributed by atoms with Gasteiger partial charge in [-0.3, -0.25) is 0 Å². The third kappa shape index (κ3) is 7.95. The van der Waals surface area contributed by atoms with Crippen LogP contribution in [0.15, 0.2) is 34.2 Å². The van der Waals surface area contributed by atoms with Gasteiger partial charge in [0, 0.05) is 26.2 Å². The molecular weight excluding hydrogens is 388 g/mol. The van der Waals surface area contributed by atoms with E-state index in [9.17, 15) is 8.42 Å². The standard InChI is InChI=1S/C21H36N4O3S/c1-4-17-9-11-19(12-10-17)25-21(22-5-2)23-16-18-7-6-8-20(15-18)29(26,27)24-13-14-28-3/h6-8,15,17,19,24H,4-5,9-14,16H2,1-3H3,(H2,22,23,25). The lowest BCUT2D eigenvalue weighted by Crippen LogP contribution is -2.44. The summed E-state index contributed by atoms with van der Waals surface area (Å²) in [7, 11) is -2.00. The number of guanidine groups is 1. The van der Waals surface area contributed by atoms with Crippen molar-refractivity contribution in [2.75, 3.05) is 26.8 Å². The fraction of sp³-hybridized carbons (Fsp3) is 0.667. The van der Waals surface area contributed by atoms with Crippen molar-refractivity contribution in [1.29, 1.82) is 0 Å². The molecule has 1 fully saturated rings. The van der Waals surface area contributed by atoms with Gasteiger partial charge in [0.1, 0.15) is 0 Å². The maximum atomic E-state index is 12.4. The molecule has 1 saturated carbocycles. The summed E-state index contributed by atoms with van der Waals surface area (Å²) in [5.41, 5.74) is 0.853. The van der Waals surface area contributed by atoms with Crippen LogP contribution in [0.25, 0.3) is 0 Å². The van der Waals surface area contributed by atoms with E-state index in [1.807, 2.05) is 13.0 Å². The normalized spacial score (nSPS) is 20.4. The highest BCUT2D eigenvalue weighted by Gasteiger charge is 2.20. The fourth-order valence-electron chi connectivity index (χ4n) is 3.57. The third-order valence-corrected chi connectivity index (χ3v) is 6.79. The molecule has 2 rings (SSSR count). The summed E-state index contributed by atoms with van der Waals surface area (Å²) in [4.78, 5) is 4.92. The Hall–Kier alpha value is -1.64. The second kappa shape index (κ2) is 12.1. The van der Waals surface area contributed by atoms with Gasteiger partial charge in [0.2, 0.25) is 10.0 Å². The molecule has 0 aromatic heterocycles. The lowest BCUT2D eigenvalue weighted by atomic mass is 9.84. The molecule has 29 heavy (non-hydrogen) atoms. The molecular formula is C21H36N4O3S. The minimum absolute atomic E-state index is 0.246. The largest absolute Gasteiger partial charge is 0.383 e. The molecule has 3 N–H and O–H groups in total. The molecule has 1 aliphatic rings. The molecule has 0 amide bonds. The summed E-state index contributed by atoms with van der Waals surface area (Å²) in [6.07, 6.45) is 6.14. The van der Waals surface area contributed by atoms with Crippen LogP contribution < -0.4 is 15.4 Å². The highest BCUT2D eigenvalue weighted by atomic mass is 32.2. The van der Waals surface area contributed by atoms with Crippen molar-refractivity contribution in [2.45, 2.75) is 63.4 Å². The van der Waals surface area contributed by atoms with Gasteiger partial charge in [-0.2, -0.15) is 0 Å². The van der Waals surface area contributed by atoms with Crippen LogP contribution in [0.3, 0.4) is 0 Å². The van der Waals surface area contributed by atoms with E-state index in [0.717, 1.165) is 24.0 Å². The molecule has 0 unspecified atom stereocenters. The number of ether oxygens (including phenoxy) is 1. The first kappa shape index (κ1) is 23.6. The van der Waals surface area contributed by atoms with Gasteiger partial charge in [0.05, 0.1) is 18.0 Å². The fourth-order valence-corrected chi connectivity index (χ4v) is 4.65. The summed E-state index contributed by atoms with van der Waals surface area (Å²) in [6, 6.07) is 7.37. The molecule has 0 spiro atoms. The molecule has 0 heterocycles. The summed E-state index contributed by atoms with van der Waals surface area (Å²) in [5, 5.41) is 6.84. The molecule has 0 saturated heterocycles. The smallest absolute Gasteiger partial charge is 0.240 e. The lowest BCUT2D eigenvalue weighted by Gasteiger charge is -2.29. The third-order valence-electron chi connectivity index (χ3n) is 5.34. The number of nitrogens with one attached hydrogen (secondary N) is 3. The zero-order chi connectivity index (χ0) is 21.1.